The van der Waals surface area contributed by atoms with Crippen molar-refractivity contribution in [2.75, 3.05) is 5.32 Å². The SMILES string of the molecule is O=C(O)c1cc(CNc2ccc(F)c(F)c2)on1. The number of halogens is 2. The summed E-state index contributed by atoms with van der Waals surface area (Å²) in [6.07, 6.45) is 0. The van der Waals surface area contributed by atoms with Crippen LogP contribution in [0.1, 0.15) is 16.2 Å². The molecule has 0 unspecified atom stereocenters. The fourth-order valence-corrected chi connectivity index (χ4v) is 1.29. The second-order valence-electron chi connectivity index (χ2n) is 3.47. The number of nitrogens with one attached hydrogen (secondary N) is 1. The summed E-state index contributed by atoms with van der Waals surface area (Å²) >= 11 is 0. The van der Waals surface area contributed by atoms with Gasteiger partial charge in [-0.25, -0.2) is 13.6 Å². The zero-order valence-corrected chi connectivity index (χ0v) is 8.98. The molecule has 0 saturated heterocycles. The maximum atomic E-state index is 12.9. The highest BCUT2D eigenvalue weighted by molar-refractivity contribution is 5.85. The average Bonchev–Trinajstić information content (AvgIpc) is 2.79. The van der Waals surface area contributed by atoms with Gasteiger partial charge in [-0.2, -0.15) is 0 Å². The third kappa shape index (κ3) is 2.62. The lowest BCUT2D eigenvalue weighted by molar-refractivity contribution is 0.0685. The summed E-state index contributed by atoms with van der Waals surface area (Å²) in [6.45, 7) is 0.116. The van der Waals surface area contributed by atoms with Gasteiger partial charge >= 0.3 is 5.97 Å². The number of carboxylic acids is 1. The summed E-state index contributed by atoms with van der Waals surface area (Å²) in [5.74, 6) is -2.83. The van der Waals surface area contributed by atoms with Crippen LogP contribution in [-0.2, 0) is 6.54 Å². The molecular weight excluding hydrogens is 246 g/mol. The molecule has 1 heterocycles. The number of hydrogen-bond acceptors (Lipinski definition) is 4. The summed E-state index contributed by atoms with van der Waals surface area (Å²) in [5, 5.41) is 14.7. The van der Waals surface area contributed by atoms with Gasteiger partial charge in [0.2, 0.25) is 0 Å². The highest BCUT2D eigenvalue weighted by atomic mass is 19.2. The first-order valence-corrected chi connectivity index (χ1v) is 4.94. The Balaban J connectivity index is 2.02. The molecule has 0 saturated carbocycles. The van der Waals surface area contributed by atoms with Crippen molar-refractivity contribution in [1.82, 2.24) is 5.16 Å². The van der Waals surface area contributed by atoms with Crippen LogP contribution in [-0.4, -0.2) is 16.2 Å². The van der Waals surface area contributed by atoms with Crippen molar-refractivity contribution in [3.8, 4) is 0 Å². The van der Waals surface area contributed by atoms with Crippen molar-refractivity contribution in [2.45, 2.75) is 6.54 Å². The van der Waals surface area contributed by atoms with Gasteiger partial charge in [-0.05, 0) is 12.1 Å². The topological polar surface area (TPSA) is 75.4 Å². The molecule has 94 valence electrons. The normalized spacial score (nSPS) is 10.3. The Morgan fingerprint density at radius 3 is 2.72 bits per heavy atom. The summed E-state index contributed by atoms with van der Waals surface area (Å²) in [7, 11) is 0. The molecule has 0 bridgehead atoms. The van der Waals surface area contributed by atoms with Gasteiger partial charge in [0.1, 0.15) is 0 Å². The molecule has 1 aromatic carbocycles. The van der Waals surface area contributed by atoms with E-state index in [1.807, 2.05) is 0 Å². The summed E-state index contributed by atoms with van der Waals surface area (Å²) < 4.78 is 30.3. The van der Waals surface area contributed by atoms with Crippen LogP contribution in [0.25, 0.3) is 0 Å². The number of anilines is 1. The molecule has 2 N–H and O–H groups in total. The van der Waals surface area contributed by atoms with Gasteiger partial charge in [0, 0.05) is 17.8 Å². The Morgan fingerprint density at radius 2 is 2.11 bits per heavy atom. The standard InChI is InChI=1S/C11H8F2N2O3/c12-8-2-1-6(3-9(8)13)14-5-7-4-10(11(16)17)15-18-7/h1-4,14H,5H2,(H,16,17). The molecule has 0 aliphatic carbocycles. The van der Waals surface area contributed by atoms with Gasteiger partial charge in [-0.15, -0.1) is 0 Å². The van der Waals surface area contributed by atoms with Crippen molar-refractivity contribution in [1.29, 1.82) is 0 Å². The second-order valence-corrected chi connectivity index (χ2v) is 3.47. The largest absolute Gasteiger partial charge is 0.476 e. The Kier molecular flexibility index (Phi) is 3.22. The first-order chi connectivity index (χ1) is 8.56. The van der Waals surface area contributed by atoms with E-state index < -0.39 is 17.6 Å². The monoisotopic (exact) mass is 254 g/mol. The van der Waals surface area contributed by atoms with Crippen LogP contribution < -0.4 is 5.32 Å². The smallest absolute Gasteiger partial charge is 0.358 e. The Hall–Kier alpha value is -2.44. The summed E-state index contributed by atoms with van der Waals surface area (Å²) in [4.78, 5) is 10.5. The minimum Gasteiger partial charge on any atom is -0.476 e. The number of carboxylic acid groups (broad SMARTS) is 1. The molecule has 0 atom stereocenters. The fraction of sp³-hybridized carbons (Fsp3) is 0.0909. The van der Waals surface area contributed by atoms with Gasteiger partial charge in [0.25, 0.3) is 0 Å². The predicted octanol–water partition coefficient (Wildman–Crippen LogP) is 2.26. The maximum absolute atomic E-state index is 12.9. The van der Waals surface area contributed by atoms with Crippen molar-refractivity contribution < 1.29 is 23.2 Å². The van der Waals surface area contributed by atoms with Crippen molar-refractivity contribution in [3.63, 3.8) is 0 Å². The van der Waals surface area contributed by atoms with Crippen molar-refractivity contribution >= 4 is 11.7 Å². The lowest BCUT2D eigenvalue weighted by Gasteiger charge is -2.03. The quantitative estimate of drug-likeness (QED) is 0.875. The third-order valence-electron chi connectivity index (χ3n) is 2.16. The highest BCUT2D eigenvalue weighted by Gasteiger charge is 2.10. The number of hydrogen-bond donors (Lipinski definition) is 2. The molecule has 0 amide bonds. The van der Waals surface area contributed by atoms with E-state index >= 15 is 0 Å². The minimum absolute atomic E-state index is 0.116. The molecule has 2 aromatic rings. The van der Waals surface area contributed by atoms with E-state index in [1.54, 1.807) is 0 Å². The molecule has 0 spiro atoms. The number of benzene rings is 1. The van der Waals surface area contributed by atoms with E-state index in [1.165, 1.54) is 12.1 Å². The van der Waals surface area contributed by atoms with E-state index in [0.29, 0.717) is 5.69 Å². The van der Waals surface area contributed by atoms with Gasteiger partial charge in [0.15, 0.2) is 23.1 Å². The lowest BCUT2D eigenvalue weighted by Crippen LogP contribution is -1.99. The van der Waals surface area contributed by atoms with Gasteiger partial charge in [0.05, 0.1) is 6.54 Å². The second kappa shape index (κ2) is 4.82. The molecule has 0 aliphatic heterocycles. The zero-order valence-electron chi connectivity index (χ0n) is 8.98. The number of carbonyl (C=O) groups is 1. The average molecular weight is 254 g/mol. The van der Waals surface area contributed by atoms with Crippen molar-refractivity contribution in [3.05, 3.63) is 47.4 Å². The zero-order chi connectivity index (χ0) is 13.1. The summed E-state index contributed by atoms with van der Waals surface area (Å²) in [6, 6.07) is 4.58. The molecule has 0 aliphatic rings. The maximum Gasteiger partial charge on any atom is 0.358 e. The number of aromatic nitrogens is 1. The van der Waals surface area contributed by atoms with E-state index in [9.17, 15) is 13.6 Å². The third-order valence-corrected chi connectivity index (χ3v) is 2.16. The van der Waals surface area contributed by atoms with Gasteiger partial charge in [-0.1, -0.05) is 5.16 Å². The van der Waals surface area contributed by atoms with Crippen LogP contribution in [0, 0.1) is 11.6 Å². The van der Waals surface area contributed by atoms with E-state index in [2.05, 4.69) is 10.5 Å². The minimum atomic E-state index is -1.20. The van der Waals surface area contributed by atoms with E-state index in [4.69, 9.17) is 9.63 Å². The van der Waals surface area contributed by atoms with E-state index in [-0.39, 0.29) is 18.0 Å². The van der Waals surface area contributed by atoms with Crippen LogP contribution in [0.3, 0.4) is 0 Å². The van der Waals surface area contributed by atoms with E-state index in [0.717, 1.165) is 12.1 Å². The first-order valence-electron chi connectivity index (χ1n) is 4.94. The van der Waals surface area contributed by atoms with Crippen LogP contribution in [0.15, 0.2) is 28.8 Å². The number of nitrogens with zero attached hydrogens (tertiary/aromatic N) is 1. The molecule has 0 radical (unpaired) electrons. The molecule has 1 aromatic heterocycles. The predicted molar refractivity (Wildman–Crippen MR) is 57.1 cm³/mol. The Bertz CT molecular complexity index is 583. The molecule has 5 nitrogen and oxygen atoms in total. The van der Waals surface area contributed by atoms with Crippen LogP contribution >= 0.6 is 0 Å². The molecular formula is C11H8F2N2O3. The van der Waals surface area contributed by atoms with Gasteiger partial charge in [-0.3, -0.25) is 0 Å². The van der Waals surface area contributed by atoms with Crippen LogP contribution in [0.2, 0.25) is 0 Å². The molecule has 18 heavy (non-hydrogen) atoms. The Morgan fingerprint density at radius 1 is 1.33 bits per heavy atom. The number of aromatic carboxylic acids is 1. The van der Waals surface area contributed by atoms with Crippen LogP contribution in [0.5, 0.6) is 0 Å². The lowest BCUT2D eigenvalue weighted by atomic mass is 10.3. The molecule has 0 fully saturated rings. The molecule has 2 rings (SSSR count). The first kappa shape index (κ1) is 12.0. The van der Waals surface area contributed by atoms with Crippen molar-refractivity contribution in [2.24, 2.45) is 0 Å². The summed E-state index contributed by atoms with van der Waals surface area (Å²) in [5.41, 5.74) is 0.138. The number of rotatable bonds is 4. The van der Waals surface area contributed by atoms with Crippen LogP contribution in [0.4, 0.5) is 14.5 Å². The van der Waals surface area contributed by atoms with Gasteiger partial charge < -0.3 is 14.9 Å². The fourth-order valence-electron chi connectivity index (χ4n) is 1.29. The highest BCUT2D eigenvalue weighted by Crippen LogP contribution is 2.14. The Labute approximate surface area is 100 Å². The molecule has 7 heteroatoms.